The van der Waals surface area contributed by atoms with E-state index in [0.29, 0.717) is 6.61 Å². The summed E-state index contributed by atoms with van der Waals surface area (Å²) in [5.74, 6) is 0.868. The molecule has 0 amide bonds. The Bertz CT molecular complexity index is 589. The van der Waals surface area contributed by atoms with Crippen molar-refractivity contribution in [2.24, 2.45) is 0 Å². The zero-order valence-electron chi connectivity index (χ0n) is 12.5. The zero-order chi connectivity index (χ0) is 14.7. The molecule has 0 radical (unpaired) electrons. The highest BCUT2D eigenvalue weighted by Gasteiger charge is 2.33. The van der Waals surface area contributed by atoms with Crippen molar-refractivity contribution >= 4 is 0 Å². The number of ether oxygens (including phenoxy) is 2. The fourth-order valence-corrected chi connectivity index (χ4v) is 2.74. The predicted octanol–water partition coefficient (Wildman–Crippen LogP) is 3.27. The van der Waals surface area contributed by atoms with Crippen LogP contribution in [0.1, 0.15) is 24.2 Å². The molecule has 3 rings (SSSR count). The summed E-state index contributed by atoms with van der Waals surface area (Å²) in [6.45, 7) is 3.63. The molecule has 1 aliphatic heterocycles. The lowest BCUT2D eigenvalue weighted by molar-refractivity contribution is -0.0308. The molecule has 0 saturated carbocycles. The fourth-order valence-electron chi connectivity index (χ4n) is 2.74. The van der Waals surface area contributed by atoms with Crippen LogP contribution in [-0.2, 0) is 10.3 Å². The molecule has 1 fully saturated rings. The van der Waals surface area contributed by atoms with Crippen LogP contribution in [0, 0.1) is 0 Å². The molecular weight excluding hydrogens is 262 g/mol. The van der Waals surface area contributed by atoms with Gasteiger partial charge in [0, 0.05) is 6.54 Å². The van der Waals surface area contributed by atoms with Gasteiger partial charge < -0.3 is 14.8 Å². The molecule has 1 N–H and O–H groups in total. The average molecular weight is 283 g/mol. The standard InChI is InChI=1S/C18H21NO2/c1-18(15-8-4-3-5-9-15)13-21-17(12-19-18)14-7-6-10-16(11-14)20-2/h3-11,17,19H,12-13H2,1-2H3. The van der Waals surface area contributed by atoms with Gasteiger partial charge in [-0.05, 0) is 30.2 Å². The van der Waals surface area contributed by atoms with Gasteiger partial charge in [0.15, 0.2) is 0 Å². The number of hydrogen-bond donors (Lipinski definition) is 1. The Labute approximate surface area is 125 Å². The summed E-state index contributed by atoms with van der Waals surface area (Å²) in [7, 11) is 1.69. The molecule has 3 heteroatoms. The summed E-state index contributed by atoms with van der Waals surface area (Å²) in [5.41, 5.74) is 2.28. The van der Waals surface area contributed by atoms with Gasteiger partial charge in [-0.15, -0.1) is 0 Å². The predicted molar refractivity (Wildman–Crippen MR) is 83.5 cm³/mol. The Kier molecular flexibility index (Phi) is 3.95. The Morgan fingerprint density at radius 1 is 1.14 bits per heavy atom. The van der Waals surface area contributed by atoms with Crippen molar-refractivity contribution in [3.63, 3.8) is 0 Å². The molecule has 110 valence electrons. The number of nitrogens with one attached hydrogen (secondary N) is 1. The molecule has 0 bridgehead atoms. The summed E-state index contributed by atoms with van der Waals surface area (Å²) in [6, 6.07) is 18.5. The number of benzene rings is 2. The first-order chi connectivity index (χ1) is 10.2. The molecule has 1 saturated heterocycles. The van der Waals surface area contributed by atoms with E-state index >= 15 is 0 Å². The van der Waals surface area contributed by atoms with Gasteiger partial charge in [0.1, 0.15) is 5.75 Å². The van der Waals surface area contributed by atoms with E-state index in [2.05, 4.69) is 42.6 Å². The van der Waals surface area contributed by atoms with Crippen LogP contribution in [0.4, 0.5) is 0 Å². The van der Waals surface area contributed by atoms with E-state index in [9.17, 15) is 0 Å². The minimum atomic E-state index is -0.128. The number of hydrogen-bond acceptors (Lipinski definition) is 3. The van der Waals surface area contributed by atoms with Gasteiger partial charge in [-0.3, -0.25) is 0 Å². The fraction of sp³-hybridized carbons (Fsp3) is 0.333. The van der Waals surface area contributed by atoms with Crippen molar-refractivity contribution in [1.82, 2.24) is 5.32 Å². The number of rotatable bonds is 3. The second-order valence-corrected chi connectivity index (χ2v) is 5.66. The molecule has 2 aromatic carbocycles. The van der Waals surface area contributed by atoms with E-state index in [1.165, 1.54) is 5.56 Å². The van der Waals surface area contributed by atoms with Gasteiger partial charge in [-0.25, -0.2) is 0 Å². The molecule has 2 unspecified atom stereocenters. The van der Waals surface area contributed by atoms with Crippen molar-refractivity contribution in [3.8, 4) is 5.75 Å². The molecule has 1 heterocycles. The second-order valence-electron chi connectivity index (χ2n) is 5.66. The topological polar surface area (TPSA) is 30.5 Å². The lowest BCUT2D eigenvalue weighted by Gasteiger charge is -2.39. The summed E-state index contributed by atoms with van der Waals surface area (Å²) >= 11 is 0. The quantitative estimate of drug-likeness (QED) is 0.938. The van der Waals surface area contributed by atoms with Crippen LogP contribution in [0.3, 0.4) is 0 Å². The first-order valence-corrected chi connectivity index (χ1v) is 7.27. The van der Waals surface area contributed by atoms with E-state index in [1.54, 1.807) is 7.11 Å². The van der Waals surface area contributed by atoms with Crippen LogP contribution < -0.4 is 10.1 Å². The first-order valence-electron chi connectivity index (χ1n) is 7.27. The maximum absolute atomic E-state index is 6.12. The highest BCUT2D eigenvalue weighted by Crippen LogP contribution is 2.31. The van der Waals surface area contributed by atoms with Gasteiger partial charge in [0.2, 0.25) is 0 Å². The Morgan fingerprint density at radius 3 is 2.62 bits per heavy atom. The van der Waals surface area contributed by atoms with Gasteiger partial charge in [-0.2, -0.15) is 0 Å². The Morgan fingerprint density at radius 2 is 1.95 bits per heavy atom. The normalized spacial score (nSPS) is 25.5. The monoisotopic (exact) mass is 283 g/mol. The SMILES string of the molecule is COc1cccc(C2CNC(C)(c3ccccc3)CO2)c1. The van der Waals surface area contributed by atoms with Crippen molar-refractivity contribution in [2.45, 2.75) is 18.6 Å². The molecule has 1 aliphatic rings. The van der Waals surface area contributed by atoms with E-state index in [4.69, 9.17) is 9.47 Å². The summed E-state index contributed by atoms with van der Waals surface area (Å²) in [6.07, 6.45) is 0.0666. The maximum atomic E-state index is 6.12. The van der Waals surface area contributed by atoms with Gasteiger partial charge >= 0.3 is 0 Å². The van der Waals surface area contributed by atoms with Crippen molar-refractivity contribution in [1.29, 1.82) is 0 Å². The van der Waals surface area contributed by atoms with Crippen molar-refractivity contribution in [3.05, 3.63) is 65.7 Å². The van der Waals surface area contributed by atoms with Gasteiger partial charge in [0.05, 0.1) is 25.4 Å². The van der Waals surface area contributed by atoms with Crippen LogP contribution in [0.15, 0.2) is 54.6 Å². The van der Waals surface area contributed by atoms with Crippen LogP contribution in [-0.4, -0.2) is 20.3 Å². The van der Waals surface area contributed by atoms with Crippen LogP contribution in [0.25, 0.3) is 0 Å². The lowest BCUT2D eigenvalue weighted by Crippen LogP contribution is -2.50. The molecular formula is C18H21NO2. The highest BCUT2D eigenvalue weighted by atomic mass is 16.5. The first kappa shape index (κ1) is 14.1. The van der Waals surface area contributed by atoms with Crippen molar-refractivity contribution < 1.29 is 9.47 Å². The molecule has 21 heavy (non-hydrogen) atoms. The van der Waals surface area contributed by atoms with Gasteiger partial charge in [0.25, 0.3) is 0 Å². The largest absolute Gasteiger partial charge is 0.497 e. The number of methoxy groups -OCH3 is 1. The van der Waals surface area contributed by atoms with Crippen LogP contribution in [0.2, 0.25) is 0 Å². The minimum absolute atomic E-state index is 0.0666. The van der Waals surface area contributed by atoms with E-state index < -0.39 is 0 Å². The second kappa shape index (κ2) is 5.88. The van der Waals surface area contributed by atoms with E-state index in [-0.39, 0.29) is 11.6 Å². The third kappa shape index (κ3) is 2.94. The average Bonchev–Trinajstić information content (AvgIpc) is 2.56. The minimum Gasteiger partial charge on any atom is -0.497 e. The third-order valence-corrected chi connectivity index (χ3v) is 4.13. The molecule has 0 spiro atoms. The molecule has 0 aromatic heterocycles. The summed E-state index contributed by atoms with van der Waals surface area (Å²) < 4.78 is 11.4. The van der Waals surface area contributed by atoms with Crippen LogP contribution in [0.5, 0.6) is 5.75 Å². The molecule has 0 aliphatic carbocycles. The molecule has 2 atom stereocenters. The highest BCUT2D eigenvalue weighted by molar-refractivity contribution is 5.31. The third-order valence-electron chi connectivity index (χ3n) is 4.13. The van der Waals surface area contributed by atoms with Crippen LogP contribution >= 0.6 is 0 Å². The molecule has 3 nitrogen and oxygen atoms in total. The zero-order valence-corrected chi connectivity index (χ0v) is 12.5. The van der Waals surface area contributed by atoms with Crippen molar-refractivity contribution in [2.75, 3.05) is 20.3 Å². The van der Waals surface area contributed by atoms with Gasteiger partial charge in [-0.1, -0.05) is 42.5 Å². The molecule has 2 aromatic rings. The van der Waals surface area contributed by atoms with E-state index in [0.717, 1.165) is 17.9 Å². The maximum Gasteiger partial charge on any atom is 0.119 e. The summed E-state index contributed by atoms with van der Waals surface area (Å²) in [5, 5.41) is 3.63. The smallest absolute Gasteiger partial charge is 0.119 e. The number of morpholine rings is 1. The lowest BCUT2D eigenvalue weighted by atomic mass is 9.90. The Hall–Kier alpha value is -1.84. The Balaban J connectivity index is 1.73. The summed E-state index contributed by atoms with van der Waals surface area (Å²) in [4.78, 5) is 0. The van der Waals surface area contributed by atoms with E-state index in [1.807, 2.05) is 24.3 Å².